The van der Waals surface area contributed by atoms with E-state index in [1.807, 2.05) is 79.7 Å². The Labute approximate surface area is 291 Å². The van der Waals surface area contributed by atoms with Crippen LogP contribution in [0.3, 0.4) is 0 Å². The maximum absolute atomic E-state index is 14.8. The van der Waals surface area contributed by atoms with Crippen molar-refractivity contribution in [3.8, 4) is 17.4 Å². The van der Waals surface area contributed by atoms with E-state index in [4.69, 9.17) is 23.5 Å². The molecule has 7 rings (SSSR count). The highest BCUT2D eigenvalue weighted by Gasteiger charge is 2.60. The van der Waals surface area contributed by atoms with Crippen molar-refractivity contribution in [2.75, 3.05) is 33.0 Å². The van der Waals surface area contributed by atoms with Crippen molar-refractivity contribution in [1.29, 1.82) is 0 Å². The molecule has 262 valence electrons. The van der Waals surface area contributed by atoms with Gasteiger partial charge in [0.1, 0.15) is 30.3 Å². The SMILES string of the molecule is COc1cc(N[SH](=O)=O)c(OCc2ccccc2)c2c1C[C@H]1C[C@H]3[C@H](N(C)C)c4onc(OCc5ccccc5)c4C[C@@]3(OC)C(O)=C1C2=O. The van der Waals surface area contributed by atoms with Crippen molar-refractivity contribution < 1.29 is 41.8 Å². The quantitative estimate of drug-likeness (QED) is 0.177. The topological polar surface area (TPSA) is 150 Å². The van der Waals surface area contributed by atoms with Crippen molar-refractivity contribution >= 4 is 22.4 Å². The van der Waals surface area contributed by atoms with Gasteiger partial charge in [0.05, 0.1) is 30.0 Å². The number of methoxy groups -OCH3 is 2. The summed E-state index contributed by atoms with van der Waals surface area (Å²) in [7, 11) is 3.75. The number of carbonyl (C=O) groups is 1. The van der Waals surface area contributed by atoms with Crippen LogP contribution in [0.4, 0.5) is 5.69 Å². The molecule has 3 aromatic carbocycles. The van der Waals surface area contributed by atoms with Gasteiger partial charge in [-0.2, -0.15) is 0 Å². The van der Waals surface area contributed by atoms with Crippen LogP contribution in [0.2, 0.25) is 0 Å². The molecule has 13 heteroatoms. The Balaban J connectivity index is 1.34. The predicted molar refractivity (Wildman–Crippen MR) is 184 cm³/mol. The maximum Gasteiger partial charge on any atom is 0.258 e. The third-order valence-electron chi connectivity index (χ3n) is 10.1. The van der Waals surface area contributed by atoms with Crippen molar-refractivity contribution in [2.45, 2.75) is 44.1 Å². The number of thiol groups is 1. The van der Waals surface area contributed by atoms with E-state index in [-0.39, 0.29) is 59.9 Å². The average Bonchev–Trinajstić information content (AvgIpc) is 3.51. The number of ether oxygens (including phenoxy) is 4. The number of carbonyl (C=O) groups excluding carboxylic acids is 1. The normalized spacial score (nSPS) is 22.4. The van der Waals surface area contributed by atoms with Crippen LogP contribution in [0, 0.1) is 11.8 Å². The number of nitrogens with zero attached hydrogens (tertiary/aromatic N) is 2. The van der Waals surface area contributed by atoms with Gasteiger partial charge in [-0.25, -0.2) is 8.42 Å². The van der Waals surface area contributed by atoms with Gasteiger partial charge in [-0.1, -0.05) is 60.7 Å². The first kappa shape index (κ1) is 33.6. The lowest BCUT2D eigenvalue weighted by molar-refractivity contribution is -0.106. The highest BCUT2D eigenvalue weighted by atomic mass is 32.2. The third-order valence-corrected chi connectivity index (χ3v) is 10.6. The van der Waals surface area contributed by atoms with Crippen LogP contribution in [-0.4, -0.2) is 63.3 Å². The predicted octanol–water partition coefficient (Wildman–Crippen LogP) is 5.21. The zero-order valence-corrected chi connectivity index (χ0v) is 29.1. The standard InChI is InChI=1S/C37H39N3O9S/c1-40(2)31-26-16-23-15-24-28(45-3)17-27(39-50(43)44)34(47-19-21-11-7-5-8-12-21)30(24)32(41)29(23)35(42)37(26,46-4)18-25-33(31)49-38-36(25)48-20-22-13-9-6-10-14-22/h5-14,17,23,26,31,42,50H,15-16,18-20H2,1-4H3,(H,39,43,44)/t23-,26-,31-,37-/m0/s1. The first-order valence-corrected chi connectivity index (χ1v) is 17.5. The number of aliphatic hydroxyl groups is 1. The molecule has 0 amide bonds. The maximum atomic E-state index is 14.8. The molecular weight excluding hydrogens is 662 g/mol. The number of fused-ring (bicyclic) bond motifs is 4. The fourth-order valence-electron chi connectivity index (χ4n) is 7.94. The summed E-state index contributed by atoms with van der Waals surface area (Å²) in [6, 6.07) is 20.2. The summed E-state index contributed by atoms with van der Waals surface area (Å²) in [4.78, 5) is 16.8. The Morgan fingerprint density at radius 1 is 1.00 bits per heavy atom. The largest absolute Gasteiger partial charge is 0.509 e. The van der Waals surface area contributed by atoms with Crippen LogP contribution in [0.5, 0.6) is 17.4 Å². The van der Waals surface area contributed by atoms with Gasteiger partial charge in [-0.3, -0.25) is 14.4 Å². The van der Waals surface area contributed by atoms with Crippen LogP contribution in [0.1, 0.15) is 50.8 Å². The van der Waals surface area contributed by atoms with E-state index in [2.05, 4.69) is 9.88 Å². The monoisotopic (exact) mass is 701 g/mol. The number of hydrogen-bond donors (Lipinski definition) is 3. The number of aliphatic hydroxyl groups excluding tert-OH is 1. The lowest BCUT2D eigenvalue weighted by Gasteiger charge is -2.52. The molecule has 1 heterocycles. The lowest BCUT2D eigenvalue weighted by Crippen LogP contribution is -2.56. The van der Waals surface area contributed by atoms with Crippen LogP contribution >= 0.6 is 0 Å². The van der Waals surface area contributed by atoms with Crippen molar-refractivity contribution in [2.24, 2.45) is 11.8 Å². The van der Waals surface area contributed by atoms with Crippen LogP contribution in [0.25, 0.3) is 0 Å². The average molecular weight is 702 g/mol. The van der Waals surface area contributed by atoms with Gasteiger partial charge in [0.15, 0.2) is 17.3 Å². The number of nitrogens with one attached hydrogen (secondary N) is 1. The van der Waals surface area contributed by atoms with Crippen LogP contribution < -0.4 is 18.9 Å². The number of hydrogen-bond acceptors (Lipinski definition) is 11. The Morgan fingerprint density at radius 3 is 2.26 bits per heavy atom. The highest BCUT2D eigenvalue weighted by Crippen LogP contribution is 2.58. The van der Waals surface area contributed by atoms with Crippen molar-refractivity contribution in [3.63, 3.8) is 0 Å². The van der Waals surface area contributed by atoms with E-state index in [9.17, 15) is 18.3 Å². The number of Topliss-reactive ketones (excluding diaryl/α,β-unsaturated/α-hetero) is 1. The Hall–Kier alpha value is -4.85. The van der Waals surface area contributed by atoms with Gasteiger partial charge in [0.2, 0.25) is 10.9 Å². The van der Waals surface area contributed by atoms with Gasteiger partial charge in [0, 0.05) is 36.7 Å². The minimum Gasteiger partial charge on any atom is -0.509 e. The molecule has 0 unspecified atom stereocenters. The van der Waals surface area contributed by atoms with Gasteiger partial charge in [-0.05, 0) is 49.1 Å². The fraction of sp³-hybridized carbons (Fsp3) is 0.351. The van der Waals surface area contributed by atoms with Crippen LogP contribution in [0.15, 0.2) is 82.6 Å². The van der Waals surface area contributed by atoms with Gasteiger partial charge in [0.25, 0.3) is 5.88 Å². The van der Waals surface area contributed by atoms with Crippen molar-refractivity contribution in [3.05, 3.63) is 112 Å². The molecule has 3 aliphatic rings. The summed E-state index contributed by atoms with van der Waals surface area (Å²) >= 11 is 0. The molecule has 0 saturated carbocycles. The van der Waals surface area contributed by atoms with Gasteiger partial charge >= 0.3 is 0 Å². The molecular formula is C37H39N3O9S. The molecule has 12 nitrogen and oxygen atoms in total. The van der Waals surface area contributed by atoms with E-state index in [0.717, 1.165) is 11.1 Å². The summed E-state index contributed by atoms with van der Waals surface area (Å²) in [5.41, 5.74) is 2.10. The molecule has 0 bridgehead atoms. The summed E-state index contributed by atoms with van der Waals surface area (Å²) < 4.78 is 56.7. The molecule has 4 aromatic rings. The number of ketones is 1. The molecule has 0 fully saturated rings. The highest BCUT2D eigenvalue weighted by molar-refractivity contribution is 7.73. The second-order valence-electron chi connectivity index (χ2n) is 13.1. The first-order chi connectivity index (χ1) is 24.2. The number of allylic oxidation sites excluding steroid dienone is 1. The molecule has 3 aliphatic carbocycles. The van der Waals surface area contributed by atoms with Crippen LogP contribution in [-0.2, 0) is 41.7 Å². The number of rotatable bonds is 11. The Bertz CT molecular complexity index is 2020. The second kappa shape index (κ2) is 13.5. The van der Waals surface area contributed by atoms with E-state index in [1.54, 1.807) is 0 Å². The molecule has 1 aromatic heterocycles. The summed E-state index contributed by atoms with van der Waals surface area (Å²) in [6.45, 7) is 0.335. The zero-order valence-electron chi connectivity index (χ0n) is 28.2. The van der Waals surface area contributed by atoms with E-state index >= 15 is 0 Å². The van der Waals surface area contributed by atoms with Gasteiger partial charge < -0.3 is 28.6 Å². The Kier molecular flexibility index (Phi) is 9.06. The number of anilines is 1. The molecule has 50 heavy (non-hydrogen) atoms. The summed E-state index contributed by atoms with van der Waals surface area (Å²) in [5, 5.41) is 16.7. The van der Waals surface area contributed by atoms with Gasteiger partial charge in [-0.15, -0.1) is 0 Å². The third kappa shape index (κ3) is 5.68. The molecule has 0 aliphatic heterocycles. The fourth-order valence-corrected chi connectivity index (χ4v) is 8.30. The molecule has 0 radical (unpaired) electrons. The molecule has 0 spiro atoms. The number of benzene rings is 3. The summed E-state index contributed by atoms with van der Waals surface area (Å²) in [6.07, 6.45) is 0.959. The lowest BCUT2D eigenvalue weighted by atomic mass is 9.59. The number of aromatic nitrogens is 1. The second-order valence-corrected chi connectivity index (χ2v) is 13.8. The smallest absolute Gasteiger partial charge is 0.258 e. The van der Waals surface area contributed by atoms with E-state index < -0.39 is 28.2 Å². The minimum atomic E-state index is -3.11. The summed E-state index contributed by atoms with van der Waals surface area (Å²) in [5.74, 6) is -0.0613. The van der Waals surface area contributed by atoms with E-state index in [0.29, 0.717) is 41.4 Å². The first-order valence-electron chi connectivity index (χ1n) is 16.3. The van der Waals surface area contributed by atoms with E-state index in [1.165, 1.54) is 20.3 Å². The molecule has 0 saturated heterocycles. The van der Waals surface area contributed by atoms with Crippen molar-refractivity contribution in [1.82, 2.24) is 10.1 Å². The molecule has 4 atom stereocenters. The zero-order chi connectivity index (χ0) is 35.2. The minimum absolute atomic E-state index is 0.0638. The Morgan fingerprint density at radius 2 is 1.66 bits per heavy atom. The molecule has 2 N–H and O–H groups in total.